The molecule has 2 heterocycles. The number of rotatable bonds is 11. The molecule has 0 atom stereocenters. The number of nitrogens with one attached hydrogen (secondary N) is 1. The van der Waals surface area contributed by atoms with E-state index in [4.69, 9.17) is 24.2 Å². The number of carbonyl (C=O) groups excluding carboxylic acids is 2. The summed E-state index contributed by atoms with van der Waals surface area (Å²) in [4.78, 5) is 34.2. The fraction of sp³-hybridized carbons (Fsp3) is 0.394. The Labute approximate surface area is 246 Å². The Bertz CT molecular complexity index is 1570. The molecule has 0 radical (unpaired) electrons. The fourth-order valence-electron chi connectivity index (χ4n) is 4.74. The zero-order chi connectivity index (χ0) is 29.7. The summed E-state index contributed by atoms with van der Waals surface area (Å²) in [6.07, 6.45) is 4.21. The molecule has 1 aliphatic rings. The zero-order valence-electron chi connectivity index (χ0n) is 24.7. The molecule has 0 bridgehead atoms. The number of carbonyl (C=O) groups is 2. The lowest BCUT2D eigenvalue weighted by atomic mass is 10.1. The van der Waals surface area contributed by atoms with Crippen LogP contribution < -0.4 is 10.1 Å². The van der Waals surface area contributed by atoms with Gasteiger partial charge >= 0.3 is 12.1 Å². The van der Waals surface area contributed by atoms with Gasteiger partial charge in [-0.1, -0.05) is 36.4 Å². The Kier molecular flexibility index (Phi) is 8.75. The number of esters is 1. The number of ether oxygens (including phenoxy) is 3. The van der Waals surface area contributed by atoms with Crippen molar-refractivity contribution >= 4 is 23.1 Å². The molecule has 5 rings (SSSR count). The summed E-state index contributed by atoms with van der Waals surface area (Å²) in [7, 11) is 0. The third-order valence-electron chi connectivity index (χ3n) is 6.82. The first-order valence-electron chi connectivity index (χ1n) is 14.5. The SMILES string of the molecule is CCOC(=O)Cc1ccccc1OCc1nc(-c2cccc(CNC(=O)OC(C)(C)C)c2)c2ccn(CC3CC3)c2n1. The quantitative estimate of drug-likeness (QED) is 0.214. The smallest absolute Gasteiger partial charge is 0.407 e. The van der Waals surface area contributed by atoms with E-state index in [0.29, 0.717) is 30.6 Å². The van der Waals surface area contributed by atoms with E-state index in [-0.39, 0.29) is 19.0 Å². The van der Waals surface area contributed by atoms with Gasteiger partial charge in [0.25, 0.3) is 0 Å². The third-order valence-corrected chi connectivity index (χ3v) is 6.82. The lowest BCUT2D eigenvalue weighted by Crippen LogP contribution is -2.32. The van der Waals surface area contributed by atoms with Gasteiger partial charge in [-0.15, -0.1) is 0 Å². The van der Waals surface area contributed by atoms with Gasteiger partial charge in [0, 0.05) is 35.8 Å². The van der Waals surface area contributed by atoms with Gasteiger partial charge < -0.3 is 24.1 Å². The molecule has 9 heteroatoms. The Morgan fingerprint density at radius 3 is 2.62 bits per heavy atom. The van der Waals surface area contributed by atoms with Crippen molar-refractivity contribution in [2.24, 2.45) is 5.92 Å². The average Bonchev–Trinajstić information content (AvgIpc) is 3.68. The standard InChI is InChI=1S/C33H38N4O5/c1-5-40-29(38)18-24-10-6-7-12-27(24)41-21-28-35-30(26-15-16-37(31(26)36-28)20-22-13-14-22)25-11-8-9-23(17-25)19-34-32(39)42-33(2,3)4/h6-12,15-17,22H,5,13-14,18-21H2,1-4H3,(H,34,39). The highest BCUT2D eigenvalue weighted by Crippen LogP contribution is 2.34. The van der Waals surface area contributed by atoms with E-state index >= 15 is 0 Å². The normalized spacial score (nSPS) is 13.1. The van der Waals surface area contributed by atoms with Crippen LogP contribution in [0, 0.1) is 5.92 Å². The highest BCUT2D eigenvalue weighted by atomic mass is 16.6. The van der Waals surface area contributed by atoms with Gasteiger partial charge in [-0.05, 0) is 70.2 Å². The van der Waals surface area contributed by atoms with Gasteiger partial charge in [-0.2, -0.15) is 0 Å². The van der Waals surface area contributed by atoms with Crippen molar-refractivity contribution in [2.45, 2.75) is 72.3 Å². The molecule has 1 fully saturated rings. The number of fused-ring (bicyclic) bond motifs is 1. The molecule has 0 unspecified atom stereocenters. The van der Waals surface area contributed by atoms with Crippen LogP contribution in [0.2, 0.25) is 0 Å². The molecule has 4 aromatic rings. The van der Waals surface area contributed by atoms with E-state index in [1.807, 2.05) is 69.3 Å². The van der Waals surface area contributed by atoms with E-state index < -0.39 is 11.7 Å². The van der Waals surface area contributed by atoms with E-state index in [1.165, 1.54) is 12.8 Å². The summed E-state index contributed by atoms with van der Waals surface area (Å²) >= 11 is 0. The maximum atomic E-state index is 12.2. The molecule has 2 aromatic heterocycles. The highest BCUT2D eigenvalue weighted by molar-refractivity contribution is 5.91. The summed E-state index contributed by atoms with van der Waals surface area (Å²) in [6.45, 7) is 9.01. The lowest BCUT2D eigenvalue weighted by molar-refractivity contribution is -0.142. The van der Waals surface area contributed by atoms with Crippen molar-refractivity contribution in [3.8, 4) is 17.0 Å². The van der Waals surface area contributed by atoms with Crippen LogP contribution in [0.5, 0.6) is 5.75 Å². The molecule has 220 valence electrons. The van der Waals surface area contributed by atoms with Crippen LogP contribution in [0.1, 0.15) is 57.5 Å². The van der Waals surface area contributed by atoms with Gasteiger partial charge in [0.05, 0.1) is 18.7 Å². The Morgan fingerprint density at radius 1 is 1.05 bits per heavy atom. The lowest BCUT2D eigenvalue weighted by Gasteiger charge is -2.19. The molecule has 2 aromatic carbocycles. The van der Waals surface area contributed by atoms with E-state index in [2.05, 4.69) is 22.1 Å². The van der Waals surface area contributed by atoms with Crippen molar-refractivity contribution in [2.75, 3.05) is 6.61 Å². The van der Waals surface area contributed by atoms with Crippen molar-refractivity contribution < 1.29 is 23.8 Å². The summed E-state index contributed by atoms with van der Waals surface area (Å²) in [6, 6.07) is 17.5. The largest absolute Gasteiger partial charge is 0.485 e. The van der Waals surface area contributed by atoms with E-state index in [0.717, 1.165) is 40.0 Å². The summed E-state index contributed by atoms with van der Waals surface area (Å²) < 4.78 is 18.9. The number of alkyl carbamates (subject to hydrolysis) is 1. The van der Waals surface area contributed by atoms with Gasteiger partial charge in [0.1, 0.15) is 23.6 Å². The summed E-state index contributed by atoms with van der Waals surface area (Å²) in [5.41, 5.74) is 3.69. The first kappa shape index (κ1) is 29.1. The second kappa shape index (κ2) is 12.6. The minimum atomic E-state index is -0.566. The van der Waals surface area contributed by atoms with Gasteiger partial charge in [-0.25, -0.2) is 14.8 Å². The maximum Gasteiger partial charge on any atom is 0.407 e. The maximum absolute atomic E-state index is 12.2. The predicted octanol–water partition coefficient (Wildman–Crippen LogP) is 6.22. The molecular weight excluding hydrogens is 532 g/mol. The molecule has 0 aliphatic heterocycles. The topological polar surface area (TPSA) is 105 Å². The minimum absolute atomic E-state index is 0.128. The number of hydrogen-bond acceptors (Lipinski definition) is 7. The molecule has 1 amide bonds. The van der Waals surface area contributed by atoms with E-state index in [9.17, 15) is 9.59 Å². The molecule has 1 aliphatic carbocycles. The molecule has 1 N–H and O–H groups in total. The van der Waals surface area contributed by atoms with Crippen LogP contribution in [-0.2, 0) is 40.4 Å². The van der Waals surface area contributed by atoms with Crippen LogP contribution in [-0.4, -0.2) is 38.8 Å². The highest BCUT2D eigenvalue weighted by Gasteiger charge is 2.24. The van der Waals surface area contributed by atoms with Crippen LogP contribution in [0.4, 0.5) is 4.79 Å². The number of nitrogens with zero attached hydrogens (tertiary/aromatic N) is 3. The Balaban J connectivity index is 1.42. The molecule has 1 saturated carbocycles. The first-order chi connectivity index (χ1) is 20.2. The monoisotopic (exact) mass is 570 g/mol. The molecule has 0 saturated heterocycles. The Hall–Kier alpha value is -4.40. The third kappa shape index (κ3) is 7.66. The molecule has 0 spiro atoms. The number of amides is 1. The summed E-state index contributed by atoms with van der Waals surface area (Å²) in [5, 5.41) is 3.79. The van der Waals surface area contributed by atoms with Crippen LogP contribution >= 0.6 is 0 Å². The minimum Gasteiger partial charge on any atom is -0.485 e. The molecule has 42 heavy (non-hydrogen) atoms. The molecule has 9 nitrogen and oxygen atoms in total. The van der Waals surface area contributed by atoms with Crippen molar-refractivity contribution in [1.29, 1.82) is 0 Å². The van der Waals surface area contributed by atoms with Gasteiger partial charge in [-0.3, -0.25) is 4.79 Å². The second-order valence-electron chi connectivity index (χ2n) is 11.6. The van der Waals surface area contributed by atoms with Crippen molar-refractivity contribution in [3.63, 3.8) is 0 Å². The second-order valence-corrected chi connectivity index (χ2v) is 11.6. The average molecular weight is 571 g/mol. The number of para-hydroxylation sites is 1. The van der Waals surface area contributed by atoms with Crippen molar-refractivity contribution in [1.82, 2.24) is 19.9 Å². The van der Waals surface area contributed by atoms with Crippen LogP contribution in [0.25, 0.3) is 22.3 Å². The van der Waals surface area contributed by atoms with E-state index in [1.54, 1.807) is 6.92 Å². The number of aromatic nitrogens is 3. The number of hydrogen-bond donors (Lipinski definition) is 1. The zero-order valence-corrected chi connectivity index (χ0v) is 24.7. The van der Waals surface area contributed by atoms with Crippen LogP contribution in [0.15, 0.2) is 60.8 Å². The van der Waals surface area contributed by atoms with Crippen molar-refractivity contribution in [3.05, 3.63) is 77.7 Å². The summed E-state index contributed by atoms with van der Waals surface area (Å²) in [5.74, 6) is 1.51. The predicted molar refractivity (Wildman–Crippen MR) is 160 cm³/mol. The number of benzene rings is 2. The molecular formula is C33H38N4O5. The van der Waals surface area contributed by atoms with Crippen LogP contribution in [0.3, 0.4) is 0 Å². The first-order valence-corrected chi connectivity index (χ1v) is 14.5. The van der Waals surface area contributed by atoms with Gasteiger partial charge in [0.2, 0.25) is 0 Å². The fourth-order valence-corrected chi connectivity index (χ4v) is 4.74. The van der Waals surface area contributed by atoms with Gasteiger partial charge in [0.15, 0.2) is 5.82 Å². The Morgan fingerprint density at radius 2 is 1.86 bits per heavy atom.